The van der Waals surface area contributed by atoms with Crippen LogP contribution >= 0.6 is 30.0 Å². The third-order valence-corrected chi connectivity index (χ3v) is 10.3. The number of ether oxygens (including phenoxy) is 2. The van der Waals surface area contributed by atoms with Gasteiger partial charge in [0.1, 0.15) is 10.2 Å². The first-order chi connectivity index (χ1) is 17.1. The van der Waals surface area contributed by atoms with Gasteiger partial charge in [-0.15, -0.1) is 9.24 Å². The summed E-state index contributed by atoms with van der Waals surface area (Å²) in [7, 11) is 2.86. The second-order valence-corrected chi connectivity index (χ2v) is 12.6. The minimum atomic E-state index is -0.429. The summed E-state index contributed by atoms with van der Waals surface area (Å²) in [6, 6.07) is 15.2. The summed E-state index contributed by atoms with van der Waals surface area (Å²) in [4.78, 5) is 20.0. The van der Waals surface area contributed by atoms with Crippen molar-refractivity contribution in [3.05, 3.63) is 64.2 Å². The molecule has 6 nitrogen and oxygen atoms in total. The molecule has 3 aliphatic heterocycles. The summed E-state index contributed by atoms with van der Waals surface area (Å²) in [6.07, 6.45) is 4.78. The van der Waals surface area contributed by atoms with Crippen LogP contribution in [0.25, 0.3) is 3.70 Å². The third kappa shape index (κ3) is 6.12. The Kier molecular flexibility index (Phi) is 8.15. The summed E-state index contributed by atoms with van der Waals surface area (Å²) in [6.45, 7) is 5.10. The first-order valence-corrected chi connectivity index (χ1v) is 15.2. The monoisotopic (exact) mass is 605 g/mol. The van der Waals surface area contributed by atoms with Crippen LogP contribution in [0.2, 0.25) is 0 Å². The minimum Gasteiger partial charge on any atom is -0.447 e. The molecule has 3 heterocycles. The number of aryl methyl sites for hydroxylation is 1. The second-order valence-electron chi connectivity index (χ2n) is 9.39. The number of carbonyl (C=O) groups is 1. The van der Waals surface area contributed by atoms with Crippen LogP contribution in [-0.2, 0) is 9.47 Å². The second kappa shape index (κ2) is 11.5. The first-order valence-electron chi connectivity index (χ1n) is 12.4. The van der Waals surface area contributed by atoms with E-state index >= 15 is 0 Å². The van der Waals surface area contributed by atoms with Crippen molar-refractivity contribution < 1.29 is 14.3 Å². The van der Waals surface area contributed by atoms with E-state index in [1.165, 1.54) is 29.0 Å². The van der Waals surface area contributed by atoms with Gasteiger partial charge in [0, 0.05) is 36.5 Å². The van der Waals surface area contributed by atoms with Gasteiger partial charge in [0.2, 0.25) is 0 Å². The topological polar surface area (TPSA) is 63.2 Å². The molecule has 2 saturated heterocycles. The van der Waals surface area contributed by atoms with E-state index in [1.807, 2.05) is 0 Å². The molecular weight excluding hydrogens is 572 g/mol. The zero-order valence-electron chi connectivity index (χ0n) is 20.1. The molecule has 0 spiro atoms. The van der Waals surface area contributed by atoms with Crippen molar-refractivity contribution in [1.29, 1.82) is 0 Å². The van der Waals surface area contributed by atoms with Gasteiger partial charge in [-0.1, -0.05) is 30.3 Å². The molecule has 1 N–H and O–H groups in total. The summed E-state index contributed by atoms with van der Waals surface area (Å²) < 4.78 is 13.8. The Bertz CT molecular complexity index is 1230. The fourth-order valence-electron chi connectivity index (χ4n) is 4.73. The van der Waals surface area contributed by atoms with Crippen LogP contribution in [0.15, 0.2) is 47.5 Å². The summed E-state index contributed by atoms with van der Waals surface area (Å²) in [5, 5.41) is 6.62. The van der Waals surface area contributed by atoms with Crippen molar-refractivity contribution in [2.75, 3.05) is 26.3 Å². The Hall–Kier alpha value is -1.83. The van der Waals surface area contributed by atoms with Crippen molar-refractivity contribution in [2.24, 2.45) is 4.99 Å². The van der Waals surface area contributed by atoms with Crippen LogP contribution in [0.1, 0.15) is 43.2 Å². The van der Waals surface area contributed by atoms with Gasteiger partial charge >= 0.3 is 6.09 Å². The van der Waals surface area contributed by atoms with E-state index in [-0.39, 0.29) is 18.2 Å². The highest BCUT2D eigenvalue weighted by Crippen LogP contribution is 2.28. The molecule has 0 aromatic heterocycles. The first kappa shape index (κ1) is 24.8. The highest BCUT2D eigenvalue weighted by atomic mass is 127. The number of rotatable bonds is 5. The molecule has 2 aromatic carbocycles. The predicted octanol–water partition coefficient (Wildman–Crippen LogP) is 3.10. The zero-order chi connectivity index (χ0) is 24.2. The van der Waals surface area contributed by atoms with Crippen LogP contribution in [0.4, 0.5) is 4.79 Å². The van der Waals surface area contributed by atoms with E-state index in [1.54, 1.807) is 0 Å². The molecule has 0 bridgehead atoms. The quantitative estimate of drug-likeness (QED) is 0.324. The number of amides is 1. The van der Waals surface area contributed by atoms with Crippen molar-refractivity contribution >= 4 is 48.7 Å². The molecule has 0 radical (unpaired) electrons. The lowest BCUT2D eigenvalue weighted by Crippen LogP contribution is -2.46. The SMILES string of the molecule is Cc1ccc2c(c1)=NC(c1ccccc1P)=IC=2N1CCC(NC(=O)OCC2CCCCO2)CC1. The lowest BCUT2D eigenvalue weighted by Gasteiger charge is -2.34. The Labute approximate surface area is 219 Å². The largest absolute Gasteiger partial charge is 0.447 e. The maximum absolute atomic E-state index is 12.3. The van der Waals surface area contributed by atoms with Gasteiger partial charge in [0.25, 0.3) is 0 Å². The zero-order valence-corrected chi connectivity index (χ0v) is 23.4. The fourth-order valence-corrected chi connectivity index (χ4v) is 8.59. The molecule has 2 fully saturated rings. The van der Waals surface area contributed by atoms with E-state index in [0.29, 0.717) is 6.61 Å². The smallest absolute Gasteiger partial charge is 0.407 e. The number of alkyl carbamates (subject to hydrolysis) is 1. The maximum atomic E-state index is 12.3. The standard InChI is InChI=1S/C27H33IN3O3P/c1-18-9-10-21-23(16-18)30-25(22-7-2-3-8-24(22)35)28-26(21)31-13-11-19(12-14-31)29-27(32)34-17-20-6-4-5-15-33-20/h2-3,7-10,16,19-20H,4-6,11-15,17,35H2,1H3,(H,29,32). The Morgan fingerprint density at radius 3 is 2.80 bits per heavy atom. The van der Waals surface area contributed by atoms with Gasteiger partial charge in [-0.3, -0.25) is 0 Å². The van der Waals surface area contributed by atoms with Gasteiger partial charge in [-0.2, -0.15) is 0 Å². The van der Waals surface area contributed by atoms with Gasteiger partial charge in [-0.25, -0.2) is 9.79 Å². The van der Waals surface area contributed by atoms with Crippen molar-refractivity contribution in [1.82, 2.24) is 10.2 Å². The minimum absolute atomic E-state index is 0.0502. The molecule has 186 valence electrons. The Balaban J connectivity index is 1.27. The van der Waals surface area contributed by atoms with Crippen molar-refractivity contribution in [3.8, 4) is 0 Å². The van der Waals surface area contributed by atoms with Crippen LogP contribution < -0.4 is 21.2 Å². The average molecular weight is 605 g/mol. The number of halogens is 1. The number of carbonyl (C=O) groups excluding carboxylic acids is 1. The number of hydrogen-bond donors (Lipinski definition) is 1. The summed E-state index contributed by atoms with van der Waals surface area (Å²) >= 11 is -0.429. The lowest BCUT2D eigenvalue weighted by atomic mass is 10.1. The number of likely N-dealkylation sites (tertiary alicyclic amines) is 1. The highest BCUT2D eigenvalue weighted by Gasteiger charge is 2.25. The van der Waals surface area contributed by atoms with Crippen molar-refractivity contribution in [2.45, 2.75) is 51.2 Å². The molecule has 2 atom stereocenters. The number of nitrogens with one attached hydrogen (secondary N) is 1. The molecule has 2 unspecified atom stereocenters. The molecule has 35 heavy (non-hydrogen) atoms. The summed E-state index contributed by atoms with van der Waals surface area (Å²) in [5.41, 5.74) is 2.46. The predicted molar refractivity (Wildman–Crippen MR) is 152 cm³/mol. The van der Waals surface area contributed by atoms with E-state index < -0.39 is 20.7 Å². The molecule has 1 amide bonds. The number of nitrogens with zero attached hydrogens (tertiary/aromatic N) is 2. The summed E-state index contributed by atoms with van der Waals surface area (Å²) in [5.74, 6) is 0. The lowest BCUT2D eigenvalue weighted by molar-refractivity contribution is -0.0229. The molecule has 8 heteroatoms. The van der Waals surface area contributed by atoms with E-state index in [0.717, 1.165) is 57.2 Å². The number of fused-ring (bicyclic) bond motifs is 1. The Morgan fingerprint density at radius 1 is 1.20 bits per heavy atom. The molecule has 3 aliphatic rings. The number of hydrogen-bond acceptors (Lipinski definition) is 5. The fraction of sp³-hybridized carbons (Fsp3) is 0.444. The van der Waals surface area contributed by atoms with E-state index in [9.17, 15) is 4.79 Å². The van der Waals surface area contributed by atoms with Crippen LogP contribution in [-0.4, -0.2) is 53.1 Å². The van der Waals surface area contributed by atoms with Crippen LogP contribution in [0.3, 0.4) is 0 Å². The van der Waals surface area contributed by atoms with Crippen molar-refractivity contribution in [3.63, 3.8) is 0 Å². The number of piperidine rings is 1. The van der Waals surface area contributed by atoms with Gasteiger partial charge in [0.05, 0.1) is 15.2 Å². The number of benzene rings is 2. The molecule has 0 saturated carbocycles. The van der Waals surface area contributed by atoms with Crippen LogP contribution in [0.5, 0.6) is 0 Å². The van der Waals surface area contributed by atoms with E-state index in [4.69, 9.17) is 14.5 Å². The van der Waals surface area contributed by atoms with Gasteiger partial charge < -0.3 is 19.7 Å². The van der Waals surface area contributed by atoms with E-state index in [2.05, 4.69) is 68.8 Å². The van der Waals surface area contributed by atoms with Gasteiger partial charge in [0.15, 0.2) is 0 Å². The Morgan fingerprint density at radius 2 is 2.03 bits per heavy atom. The normalized spacial score (nSPS) is 20.7. The molecular formula is C27H33IN3O3P. The molecule has 5 rings (SSSR count). The maximum Gasteiger partial charge on any atom is 0.407 e. The third-order valence-electron chi connectivity index (χ3n) is 6.73. The van der Waals surface area contributed by atoms with Gasteiger partial charge in [-0.05, 0) is 82.8 Å². The average Bonchev–Trinajstić information content (AvgIpc) is 2.88. The molecule has 2 aromatic rings. The van der Waals surface area contributed by atoms with Crippen LogP contribution in [0, 0.1) is 6.92 Å². The highest BCUT2D eigenvalue weighted by molar-refractivity contribution is 14.2. The molecule has 0 aliphatic carbocycles.